The molecule has 2 aromatic carbocycles. The molecule has 0 nitrogen and oxygen atoms in total. The number of hydrogen-bond donors (Lipinski definition) is 0. The van der Waals surface area contributed by atoms with Crippen molar-refractivity contribution < 1.29 is 39.5 Å². The molecule has 0 unspecified atom stereocenters. The van der Waals surface area contributed by atoms with Crippen molar-refractivity contribution in [1.82, 2.24) is 0 Å². The Hall–Kier alpha value is -2.13. The first-order valence-electron chi connectivity index (χ1n) is 9.82. The van der Waals surface area contributed by atoms with E-state index in [1.54, 1.807) is 13.8 Å². The van der Waals surface area contributed by atoms with Crippen LogP contribution in [0.25, 0.3) is 11.1 Å². The molecule has 2 aromatic rings. The lowest BCUT2D eigenvalue weighted by Gasteiger charge is -2.33. The van der Waals surface area contributed by atoms with Gasteiger partial charge in [0.25, 0.3) is 0 Å². The van der Waals surface area contributed by atoms with Crippen LogP contribution in [0.4, 0.5) is 39.5 Å². The Morgan fingerprint density at radius 3 is 1.23 bits per heavy atom. The topological polar surface area (TPSA) is 0 Å². The highest BCUT2D eigenvalue weighted by atomic mass is 19.2. The highest BCUT2D eigenvalue weighted by molar-refractivity contribution is 6.16. The van der Waals surface area contributed by atoms with Gasteiger partial charge in [-0.2, -0.15) is 0 Å². The molecule has 0 aliphatic heterocycles. The lowest BCUT2D eigenvalue weighted by atomic mass is 9.57. The van der Waals surface area contributed by atoms with Crippen molar-refractivity contribution in [1.29, 1.82) is 0 Å². The molecule has 2 rings (SSSR count). The maximum atomic E-state index is 15.0. The van der Waals surface area contributed by atoms with Crippen LogP contribution in [0.3, 0.4) is 0 Å². The fraction of sp³-hybridized carbons (Fsp3) is 0.429. The number of benzene rings is 2. The Bertz CT molecular complexity index is 951. The van der Waals surface area contributed by atoms with Gasteiger partial charge in [-0.25, -0.2) is 39.5 Å². The Balaban J connectivity index is 3.06. The van der Waals surface area contributed by atoms with E-state index in [2.05, 4.69) is 0 Å². The third-order valence-electron chi connectivity index (χ3n) is 5.49. The molecule has 0 spiro atoms. The van der Waals surface area contributed by atoms with Crippen molar-refractivity contribution in [3.05, 3.63) is 57.9 Å². The summed E-state index contributed by atoms with van der Waals surface area (Å²) in [6.45, 7) is 3.54. The Morgan fingerprint density at radius 2 is 0.839 bits per heavy atom. The van der Waals surface area contributed by atoms with Gasteiger partial charge >= 0.3 is 0 Å². The zero-order chi connectivity index (χ0) is 23.7. The standard InChI is InChI=1S/C21H20BF9/c1-3-5-7-21(22,8-6-4-2)11-9(12(23)16(27)19(30)15(11)26)10-13(24)17(28)20(31)18(29)14(10)25/h3-8,22H2,1-2H3. The van der Waals surface area contributed by atoms with Gasteiger partial charge in [-0.15, -0.1) is 0 Å². The van der Waals surface area contributed by atoms with Gasteiger partial charge in [-0.1, -0.05) is 52.4 Å². The van der Waals surface area contributed by atoms with Gasteiger partial charge in [-0.3, -0.25) is 0 Å². The van der Waals surface area contributed by atoms with Crippen LogP contribution >= 0.6 is 0 Å². The molecule has 0 aliphatic rings. The van der Waals surface area contributed by atoms with Crippen molar-refractivity contribution in [2.45, 2.75) is 57.7 Å². The molecule has 0 amide bonds. The van der Waals surface area contributed by atoms with Crippen LogP contribution in [-0.4, -0.2) is 7.85 Å². The second kappa shape index (κ2) is 9.57. The molecule has 0 aliphatic carbocycles. The number of halogens is 9. The average molecular weight is 454 g/mol. The number of unbranched alkanes of at least 4 members (excludes halogenated alkanes) is 2. The lowest BCUT2D eigenvalue weighted by Crippen LogP contribution is -2.31. The smallest absolute Gasteiger partial charge is 0.200 e. The molecule has 0 saturated heterocycles. The van der Waals surface area contributed by atoms with E-state index in [0.29, 0.717) is 25.7 Å². The Labute approximate surface area is 174 Å². The molecular weight excluding hydrogens is 434 g/mol. The van der Waals surface area contributed by atoms with Crippen LogP contribution in [0.5, 0.6) is 0 Å². The van der Waals surface area contributed by atoms with Gasteiger partial charge in [0.15, 0.2) is 46.5 Å². The average Bonchev–Trinajstić information content (AvgIpc) is 2.75. The summed E-state index contributed by atoms with van der Waals surface area (Å²) in [4.78, 5) is 0. The monoisotopic (exact) mass is 454 g/mol. The van der Waals surface area contributed by atoms with E-state index in [9.17, 15) is 39.5 Å². The van der Waals surface area contributed by atoms with E-state index >= 15 is 0 Å². The largest absolute Gasteiger partial charge is 0.203 e. The zero-order valence-corrected chi connectivity index (χ0v) is 17.1. The molecule has 10 heteroatoms. The summed E-state index contributed by atoms with van der Waals surface area (Å²) in [5.74, 6) is -21.0. The third-order valence-corrected chi connectivity index (χ3v) is 5.49. The van der Waals surface area contributed by atoms with Gasteiger partial charge in [-0.05, 0) is 5.31 Å². The van der Waals surface area contributed by atoms with Crippen LogP contribution < -0.4 is 0 Å². The Morgan fingerprint density at radius 1 is 0.516 bits per heavy atom. The van der Waals surface area contributed by atoms with Crippen LogP contribution in [0.2, 0.25) is 0 Å². The van der Waals surface area contributed by atoms with Crippen LogP contribution in [-0.2, 0) is 5.31 Å². The van der Waals surface area contributed by atoms with Gasteiger partial charge in [0, 0.05) is 11.1 Å². The maximum absolute atomic E-state index is 15.0. The summed E-state index contributed by atoms with van der Waals surface area (Å²) in [6, 6.07) is 0. The fourth-order valence-corrected chi connectivity index (χ4v) is 3.77. The predicted molar refractivity (Wildman–Crippen MR) is 101 cm³/mol. The molecule has 31 heavy (non-hydrogen) atoms. The van der Waals surface area contributed by atoms with Crippen molar-refractivity contribution in [2.75, 3.05) is 0 Å². The summed E-state index contributed by atoms with van der Waals surface area (Å²) in [7, 11) is 1.36. The van der Waals surface area contributed by atoms with E-state index in [1.165, 1.54) is 7.85 Å². The highest BCUT2D eigenvalue weighted by Crippen LogP contribution is 2.45. The summed E-state index contributed by atoms with van der Waals surface area (Å²) >= 11 is 0. The summed E-state index contributed by atoms with van der Waals surface area (Å²) < 4.78 is 128. The van der Waals surface area contributed by atoms with E-state index in [0.717, 1.165) is 0 Å². The van der Waals surface area contributed by atoms with Crippen LogP contribution in [0.1, 0.15) is 57.9 Å². The van der Waals surface area contributed by atoms with Gasteiger partial charge < -0.3 is 0 Å². The first-order chi connectivity index (χ1) is 14.4. The molecule has 0 atom stereocenters. The highest BCUT2D eigenvalue weighted by Gasteiger charge is 2.40. The summed E-state index contributed by atoms with van der Waals surface area (Å²) in [5.41, 5.74) is -4.28. The van der Waals surface area contributed by atoms with Crippen LogP contribution in [0, 0.1) is 52.4 Å². The zero-order valence-electron chi connectivity index (χ0n) is 17.1. The van der Waals surface area contributed by atoms with E-state index in [4.69, 9.17) is 0 Å². The van der Waals surface area contributed by atoms with Crippen molar-refractivity contribution in [3.8, 4) is 11.1 Å². The quantitative estimate of drug-likeness (QED) is 0.178. The second-order valence-electron chi connectivity index (χ2n) is 7.72. The SMILES string of the molecule is BC(CCCC)(CCCC)c1c(F)c(F)c(F)c(F)c1-c1c(F)c(F)c(F)c(F)c1F. The van der Waals surface area contributed by atoms with E-state index < -0.39 is 74.4 Å². The first kappa shape index (κ1) is 25.1. The molecule has 0 radical (unpaired) electrons. The number of hydrogen-bond acceptors (Lipinski definition) is 0. The van der Waals surface area contributed by atoms with Gasteiger partial charge in [0.1, 0.15) is 7.85 Å². The van der Waals surface area contributed by atoms with Crippen molar-refractivity contribution in [2.24, 2.45) is 0 Å². The molecule has 0 bridgehead atoms. The first-order valence-corrected chi connectivity index (χ1v) is 9.82. The van der Waals surface area contributed by atoms with Crippen LogP contribution in [0.15, 0.2) is 0 Å². The molecule has 0 saturated carbocycles. The summed E-state index contributed by atoms with van der Waals surface area (Å²) in [6.07, 6.45) is 2.08. The minimum absolute atomic E-state index is 0.0767. The number of rotatable bonds is 8. The normalized spacial score (nSPS) is 12.0. The maximum Gasteiger partial charge on any atom is 0.200 e. The van der Waals surface area contributed by atoms with E-state index in [1.807, 2.05) is 0 Å². The summed E-state index contributed by atoms with van der Waals surface area (Å²) in [5, 5.41) is -1.47. The minimum Gasteiger partial charge on any atom is -0.203 e. The van der Waals surface area contributed by atoms with Gasteiger partial charge in [0.05, 0.1) is 5.56 Å². The van der Waals surface area contributed by atoms with Crippen molar-refractivity contribution >= 4 is 7.85 Å². The molecule has 0 heterocycles. The second-order valence-corrected chi connectivity index (χ2v) is 7.72. The molecular formula is C21H20BF9. The molecule has 0 N–H and O–H groups in total. The lowest BCUT2D eigenvalue weighted by molar-refractivity contribution is 0.373. The fourth-order valence-electron chi connectivity index (χ4n) is 3.77. The Kier molecular flexibility index (Phi) is 7.76. The minimum atomic E-state index is -2.51. The van der Waals surface area contributed by atoms with Gasteiger partial charge in [0.2, 0.25) is 5.82 Å². The third kappa shape index (κ3) is 4.30. The molecule has 170 valence electrons. The molecule has 0 aromatic heterocycles. The molecule has 0 fully saturated rings. The predicted octanol–water partition coefficient (Wildman–Crippen LogP) is 6.81. The van der Waals surface area contributed by atoms with E-state index in [-0.39, 0.29) is 12.8 Å². The van der Waals surface area contributed by atoms with Crippen molar-refractivity contribution in [3.63, 3.8) is 0 Å².